The molecule has 3 heterocycles. The fourth-order valence-corrected chi connectivity index (χ4v) is 2.01. The summed E-state index contributed by atoms with van der Waals surface area (Å²) in [7, 11) is 0. The van der Waals surface area contributed by atoms with Crippen molar-refractivity contribution in [3.63, 3.8) is 0 Å². The molecule has 3 rings (SSSR count). The first-order chi connectivity index (χ1) is 10.2. The number of halogens is 2. The molecule has 0 aliphatic carbocycles. The monoisotopic (exact) mass is 325 g/mol. The molecule has 3 aromatic rings. The van der Waals surface area contributed by atoms with E-state index < -0.39 is 0 Å². The molecular weight excluding hydrogens is 317 g/mol. The van der Waals surface area contributed by atoms with Crippen LogP contribution in [0.5, 0.6) is 5.88 Å². The quantitative estimate of drug-likeness (QED) is 0.714. The summed E-state index contributed by atoms with van der Waals surface area (Å²) in [5, 5.41) is 19.1. The number of tetrazole rings is 1. The van der Waals surface area contributed by atoms with Gasteiger partial charge in [-0.15, -0.1) is 14.8 Å². The van der Waals surface area contributed by atoms with Gasteiger partial charge in [-0.1, -0.05) is 23.2 Å². The Balaban J connectivity index is 1.53. The number of aromatic nitrogens is 6. The third kappa shape index (κ3) is 3.29. The van der Waals surface area contributed by atoms with Crippen molar-refractivity contribution in [2.75, 3.05) is 18.5 Å². The molecule has 0 fully saturated rings. The van der Waals surface area contributed by atoms with Crippen LogP contribution in [-0.2, 0) is 0 Å². The van der Waals surface area contributed by atoms with Crippen molar-refractivity contribution >= 4 is 34.7 Å². The Bertz CT molecular complexity index is 763. The minimum absolute atomic E-state index is 0.340. The molecule has 0 aliphatic heterocycles. The van der Waals surface area contributed by atoms with Gasteiger partial charge >= 0.3 is 0 Å². The van der Waals surface area contributed by atoms with Gasteiger partial charge in [0.15, 0.2) is 5.65 Å². The van der Waals surface area contributed by atoms with Gasteiger partial charge in [0, 0.05) is 6.20 Å². The van der Waals surface area contributed by atoms with Gasteiger partial charge in [0.2, 0.25) is 5.88 Å². The van der Waals surface area contributed by atoms with Gasteiger partial charge in [-0.25, -0.2) is 4.98 Å². The molecule has 0 amide bonds. The van der Waals surface area contributed by atoms with Crippen LogP contribution in [0.15, 0.2) is 24.4 Å². The lowest BCUT2D eigenvalue weighted by molar-refractivity contribution is 0.320. The third-order valence-corrected chi connectivity index (χ3v) is 2.97. The Morgan fingerprint density at radius 2 is 2.19 bits per heavy atom. The minimum atomic E-state index is 0.340. The molecule has 0 saturated heterocycles. The molecule has 0 radical (unpaired) electrons. The zero-order chi connectivity index (χ0) is 14.7. The van der Waals surface area contributed by atoms with E-state index in [0.29, 0.717) is 40.5 Å². The number of nitrogens with zero attached hydrogens (tertiary/aromatic N) is 6. The summed E-state index contributed by atoms with van der Waals surface area (Å²) in [6.07, 6.45) is 1.48. The highest BCUT2D eigenvalue weighted by Gasteiger charge is 2.04. The summed E-state index contributed by atoms with van der Waals surface area (Å²) in [5.41, 5.74) is 0.578. The maximum absolute atomic E-state index is 5.95. The van der Waals surface area contributed by atoms with Crippen LogP contribution in [0.4, 0.5) is 5.82 Å². The number of pyridine rings is 1. The lowest BCUT2D eigenvalue weighted by Gasteiger charge is -2.08. The van der Waals surface area contributed by atoms with Gasteiger partial charge in [0.1, 0.15) is 17.4 Å². The average molecular weight is 326 g/mol. The number of rotatable bonds is 5. The molecule has 0 aromatic carbocycles. The van der Waals surface area contributed by atoms with Crippen molar-refractivity contribution in [1.29, 1.82) is 0 Å². The number of ether oxygens (including phenoxy) is 1. The van der Waals surface area contributed by atoms with Crippen LogP contribution in [0.25, 0.3) is 5.65 Å². The lowest BCUT2D eigenvalue weighted by atomic mass is 10.5. The van der Waals surface area contributed by atoms with Gasteiger partial charge in [-0.3, -0.25) is 0 Å². The van der Waals surface area contributed by atoms with E-state index in [1.165, 1.54) is 10.8 Å². The lowest BCUT2D eigenvalue weighted by Crippen LogP contribution is -2.14. The molecule has 8 nitrogen and oxygen atoms in total. The Hall–Kier alpha value is -2.19. The van der Waals surface area contributed by atoms with Gasteiger partial charge in [0.25, 0.3) is 0 Å². The van der Waals surface area contributed by atoms with Gasteiger partial charge in [0.05, 0.1) is 11.6 Å². The zero-order valence-electron chi connectivity index (χ0n) is 10.6. The first-order valence-corrected chi connectivity index (χ1v) is 6.71. The summed E-state index contributed by atoms with van der Waals surface area (Å²) in [5.74, 6) is 0.973. The molecule has 0 saturated carbocycles. The SMILES string of the molecule is Clc1cnc(OCCNc2ccc3nnnn3n2)c(Cl)c1. The molecule has 0 unspecified atom stereocenters. The number of fused-ring (bicyclic) bond motifs is 1. The predicted molar refractivity (Wildman–Crippen MR) is 76.8 cm³/mol. The molecule has 21 heavy (non-hydrogen) atoms. The van der Waals surface area contributed by atoms with Crippen LogP contribution in [0.2, 0.25) is 10.0 Å². The molecule has 1 N–H and O–H groups in total. The highest BCUT2D eigenvalue weighted by atomic mass is 35.5. The Morgan fingerprint density at radius 3 is 3.05 bits per heavy atom. The smallest absolute Gasteiger partial charge is 0.232 e. The van der Waals surface area contributed by atoms with E-state index in [1.807, 2.05) is 0 Å². The molecule has 3 aromatic heterocycles. The van der Waals surface area contributed by atoms with Gasteiger partial charge in [-0.2, -0.15) is 0 Å². The summed E-state index contributed by atoms with van der Waals surface area (Å²) < 4.78 is 6.78. The Morgan fingerprint density at radius 1 is 1.29 bits per heavy atom. The zero-order valence-corrected chi connectivity index (χ0v) is 12.1. The topological polar surface area (TPSA) is 90.1 Å². The third-order valence-electron chi connectivity index (χ3n) is 2.49. The van der Waals surface area contributed by atoms with E-state index in [4.69, 9.17) is 27.9 Å². The Kier molecular flexibility index (Phi) is 3.98. The number of hydrogen-bond acceptors (Lipinski definition) is 7. The van der Waals surface area contributed by atoms with Crippen molar-refractivity contribution in [3.8, 4) is 5.88 Å². The van der Waals surface area contributed by atoms with Crippen molar-refractivity contribution in [1.82, 2.24) is 30.2 Å². The van der Waals surface area contributed by atoms with Crippen LogP contribution in [-0.4, -0.2) is 43.4 Å². The average Bonchev–Trinajstić information content (AvgIpc) is 2.93. The van der Waals surface area contributed by atoms with Gasteiger partial charge in [-0.05, 0) is 28.6 Å². The maximum atomic E-state index is 5.95. The second-order valence-electron chi connectivity index (χ2n) is 3.96. The van der Waals surface area contributed by atoms with Crippen LogP contribution >= 0.6 is 23.2 Å². The van der Waals surface area contributed by atoms with E-state index in [0.717, 1.165) is 0 Å². The van der Waals surface area contributed by atoms with Crippen LogP contribution in [0, 0.1) is 0 Å². The summed E-state index contributed by atoms with van der Waals surface area (Å²) in [6.45, 7) is 0.880. The van der Waals surface area contributed by atoms with E-state index in [2.05, 4.69) is 30.9 Å². The number of nitrogens with one attached hydrogen (secondary N) is 1. The second kappa shape index (κ2) is 6.06. The number of anilines is 1. The molecule has 0 atom stereocenters. The van der Waals surface area contributed by atoms with Gasteiger partial charge < -0.3 is 10.1 Å². The van der Waals surface area contributed by atoms with Crippen LogP contribution in [0.3, 0.4) is 0 Å². The fraction of sp³-hybridized carbons (Fsp3) is 0.182. The van der Waals surface area contributed by atoms with Crippen LogP contribution in [0.1, 0.15) is 0 Å². The molecular formula is C11H9Cl2N7O. The largest absolute Gasteiger partial charge is 0.475 e. The van der Waals surface area contributed by atoms with E-state index in [-0.39, 0.29) is 0 Å². The number of hydrogen-bond donors (Lipinski definition) is 1. The van der Waals surface area contributed by atoms with Crippen molar-refractivity contribution in [2.24, 2.45) is 0 Å². The predicted octanol–water partition coefficient (Wildman–Crippen LogP) is 1.71. The highest BCUT2D eigenvalue weighted by Crippen LogP contribution is 2.24. The van der Waals surface area contributed by atoms with Crippen molar-refractivity contribution < 1.29 is 4.74 Å². The summed E-state index contributed by atoms with van der Waals surface area (Å²) >= 11 is 11.7. The van der Waals surface area contributed by atoms with E-state index in [9.17, 15) is 0 Å². The second-order valence-corrected chi connectivity index (χ2v) is 4.80. The minimum Gasteiger partial charge on any atom is -0.475 e. The molecule has 108 valence electrons. The summed E-state index contributed by atoms with van der Waals surface area (Å²) in [6, 6.07) is 5.11. The van der Waals surface area contributed by atoms with E-state index in [1.54, 1.807) is 18.2 Å². The van der Waals surface area contributed by atoms with E-state index >= 15 is 0 Å². The first kappa shape index (κ1) is 13.8. The fourth-order valence-electron chi connectivity index (χ4n) is 1.58. The molecule has 0 aliphatic rings. The van der Waals surface area contributed by atoms with Crippen LogP contribution < -0.4 is 10.1 Å². The first-order valence-electron chi connectivity index (χ1n) is 5.95. The maximum Gasteiger partial charge on any atom is 0.232 e. The normalized spacial score (nSPS) is 10.8. The summed E-state index contributed by atoms with van der Waals surface area (Å²) in [4.78, 5) is 4.00. The molecule has 10 heteroatoms. The standard InChI is InChI=1S/C11H9Cl2N7O/c12-7-5-8(13)11(15-6-7)21-4-3-14-9-1-2-10-16-18-19-20(10)17-9/h1-2,5-6H,3-4H2,(H,14,17). The Labute approximate surface area is 129 Å². The van der Waals surface area contributed by atoms with Crippen molar-refractivity contribution in [2.45, 2.75) is 0 Å². The van der Waals surface area contributed by atoms with Crippen molar-refractivity contribution in [3.05, 3.63) is 34.4 Å². The highest BCUT2D eigenvalue weighted by molar-refractivity contribution is 6.35. The molecule has 0 bridgehead atoms. The molecule has 0 spiro atoms.